The molecule has 0 spiro atoms. The number of imidazole rings is 2. The Bertz CT molecular complexity index is 1680. The second-order valence-corrected chi connectivity index (χ2v) is 8.89. The van der Waals surface area contributed by atoms with Crippen molar-refractivity contribution in [2.24, 2.45) is 0 Å². The molecule has 9 nitrogen and oxygen atoms in total. The SMILES string of the molecule is COCCn1c(NC(=O)c2cc(Cl)c3nc(-c4c(F)cccc4Cl)[nH]c3c2)nc2cc(C(=O)O)ccc21. The third-order valence-electron chi connectivity index (χ3n) is 5.74. The van der Waals surface area contributed by atoms with Crippen LogP contribution in [0.1, 0.15) is 20.7 Å². The first-order chi connectivity index (χ1) is 17.8. The molecule has 2 aromatic heterocycles. The number of methoxy groups -OCH3 is 1. The first-order valence-electron chi connectivity index (χ1n) is 10.9. The van der Waals surface area contributed by atoms with Crippen LogP contribution in [0, 0.1) is 5.82 Å². The summed E-state index contributed by atoms with van der Waals surface area (Å²) in [4.78, 5) is 36.3. The van der Waals surface area contributed by atoms with Gasteiger partial charge < -0.3 is 19.4 Å². The maximum absolute atomic E-state index is 14.4. The minimum Gasteiger partial charge on any atom is -0.478 e. The van der Waals surface area contributed by atoms with Gasteiger partial charge in [0.25, 0.3) is 5.91 Å². The zero-order chi connectivity index (χ0) is 26.3. The van der Waals surface area contributed by atoms with E-state index in [9.17, 15) is 19.1 Å². The molecule has 3 N–H and O–H groups in total. The van der Waals surface area contributed by atoms with Gasteiger partial charge in [0.05, 0.1) is 44.3 Å². The molecule has 5 rings (SSSR count). The van der Waals surface area contributed by atoms with Gasteiger partial charge in [0, 0.05) is 19.2 Å². The maximum atomic E-state index is 14.4. The van der Waals surface area contributed by atoms with Crippen molar-refractivity contribution in [2.45, 2.75) is 6.54 Å². The number of amides is 1. The molecule has 0 atom stereocenters. The Morgan fingerprint density at radius 3 is 2.65 bits per heavy atom. The number of hydrogen-bond donors (Lipinski definition) is 3. The van der Waals surface area contributed by atoms with Gasteiger partial charge in [-0.25, -0.2) is 19.2 Å². The van der Waals surface area contributed by atoms with E-state index in [0.717, 1.165) is 0 Å². The lowest BCUT2D eigenvalue weighted by Gasteiger charge is -2.10. The largest absolute Gasteiger partial charge is 0.478 e. The van der Waals surface area contributed by atoms with E-state index in [1.807, 2.05) is 0 Å². The molecule has 0 bridgehead atoms. The van der Waals surface area contributed by atoms with Gasteiger partial charge >= 0.3 is 5.97 Å². The number of carboxylic acids is 1. The van der Waals surface area contributed by atoms with E-state index in [0.29, 0.717) is 35.2 Å². The summed E-state index contributed by atoms with van der Waals surface area (Å²) in [6, 6.07) is 11.8. The lowest BCUT2D eigenvalue weighted by molar-refractivity contribution is 0.0696. The van der Waals surface area contributed by atoms with Crippen LogP contribution < -0.4 is 5.32 Å². The lowest BCUT2D eigenvalue weighted by Crippen LogP contribution is -2.17. The number of anilines is 1. The highest BCUT2D eigenvalue weighted by Crippen LogP contribution is 2.32. The molecular formula is C25H18Cl2FN5O4. The number of carboxylic acid groups (broad SMARTS) is 1. The van der Waals surface area contributed by atoms with Crippen LogP contribution >= 0.6 is 23.2 Å². The molecule has 12 heteroatoms. The number of rotatable bonds is 7. The molecule has 2 heterocycles. The Morgan fingerprint density at radius 2 is 1.92 bits per heavy atom. The van der Waals surface area contributed by atoms with Crippen LogP contribution in [0.5, 0.6) is 0 Å². The second kappa shape index (κ2) is 9.81. The van der Waals surface area contributed by atoms with Crippen LogP contribution in [-0.4, -0.2) is 50.2 Å². The average molecular weight is 542 g/mol. The van der Waals surface area contributed by atoms with Crippen LogP contribution in [-0.2, 0) is 11.3 Å². The molecule has 0 saturated carbocycles. The van der Waals surface area contributed by atoms with Crippen molar-refractivity contribution in [1.82, 2.24) is 19.5 Å². The molecule has 0 aliphatic carbocycles. The quantitative estimate of drug-likeness (QED) is 0.245. The van der Waals surface area contributed by atoms with Gasteiger partial charge in [-0.05, 0) is 42.5 Å². The summed E-state index contributed by atoms with van der Waals surface area (Å²) >= 11 is 12.6. The maximum Gasteiger partial charge on any atom is 0.335 e. The van der Waals surface area contributed by atoms with E-state index >= 15 is 0 Å². The molecule has 188 valence electrons. The number of carbonyl (C=O) groups is 2. The van der Waals surface area contributed by atoms with Crippen molar-refractivity contribution >= 4 is 63.1 Å². The number of aromatic carboxylic acids is 1. The molecular weight excluding hydrogens is 524 g/mol. The highest BCUT2D eigenvalue weighted by Gasteiger charge is 2.20. The number of nitrogens with zero attached hydrogens (tertiary/aromatic N) is 3. The summed E-state index contributed by atoms with van der Waals surface area (Å²) in [6.07, 6.45) is 0. The first-order valence-corrected chi connectivity index (χ1v) is 11.7. The number of hydrogen-bond acceptors (Lipinski definition) is 5. The molecule has 5 aromatic rings. The van der Waals surface area contributed by atoms with Gasteiger partial charge in [0.1, 0.15) is 17.2 Å². The van der Waals surface area contributed by atoms with Crippen LogP contribution in [0.15, 0.2) is 48.5 Å². The van der Waals surface area contributed by atoms with Crippen molar-refractivity contribution in [3.63, 3.8) is 0 Å². The Balaban J connectivity index is 1.52. The molecule has 37 heavy (non-hydrogen) atoms. The number of ether oxygens (including phenoxy) is 1. The molecule has 0 fully saturated rings. The van der Waals surface area contributed by atoms with E-state index in [-0.39, 0.29) is 38.5 Å². The van der Waals surface area contributed by atoms with Crippen molar-refractivity contribution in [2.75, 3.05) is 19.0 Å². The summed E-state index contributed by atoms with van der Waals surface area (Å²) in [5.41, 5.74) is 2.15. The van der Waals surface area contributed by atoms with Crippen LogP contribution in [0.25, 0.3) is 33.5 Å². The van der Waals surface area contributed by atoms with Gasteiger partial charge in [-0.2, -0.15) is 0 Å². The normalized spacial score (nSPS) is 11.4. The molecule has 0 saturated heterocycles. The fourth-order valence-electron chi connectivity index (χ4n) is 3.99. The Kier molecular flexibility index (Phi) is 6.55. The van der Waals surface area contributed by atoms with E-state index < -0.39 is 17.7 Å². The second-order valence-electron chi connectivity index (χ2n) is 8.08. The third kappa shape index (κ3) is 4.62. The summed E-state index contributed by atoms with van der Waals surface area (Å²) in [5.74, 6) is -1.78. The standard InChI is InChI=1S/C25H18Cl2FN5O4/c1-37-8-7-33-19-6-5-12(24(35)36)10-17(19)30-25(33)32-23(34)13-9-15(27)21-18(11-13)29-22(31-21)20-14(26)3-2-4-16(20)28/h2-6,9-11H,7-8H2,1H3,(H,29,31)(H,35,36)(H,30,32,34). The monoisotopic (exact) mass is 541 g/mol. The van der Waals surface area contributed by atoms with Crippen LogP contribution in [0.4, 0.5) is 10.3 Å². The average Bonchev–Trinajstić information content (AvgIpc) is 3.43. The summed E-state index contributed by atoms with van der Waals surface area (Å²) in [6.45, 7) is 0.699. The molecule has 0 unspecified atom stereocenters. The Hall–Kier alpha value is -3.99. The zero-order valence-electron chi connectivity index (χ0n) is 19.2. The number of aromatic amines is 1. The lowest BCUT2D eigenvalue weighted by atomic mass is 10.2. The topological polar surface area (TPSA) is 122 Å². The third-order valence-corrected chi connectivity index (χ3v) is 6.34. The Labute approximate surface area is 218 Å². The van der Waals surface area contributed by atoms with E-state index in [1.165, 1.54) is 36.4 Å². The first kappa shape index (κ1) is 24.7. The smallest absolute Gasteiger partial charge is 0.335 e. The molecule has 0 radical (unpaired) electrons. The minimum atomic E-state index is -1.09. The van der Waals surface area contributed by atoms with Crippen LogP contribution in [0.2, 0.25) is 10.0 Å². The van der Waals surface area contributed by atoms with Gasteiger partial charge in [-0.15, -0.1) is 0 Å². The van der Waals surface area contributed by atoms with Gasteiger partial charge in [-0.3, -0.25) is 10.1 Å². The van der Waals surface area contributed by atoms with Crippen LogP contribution in [0.3, 0.4) is 0 Å². The number of fused-ring (bicyclic) bond motifs is 2. The molecule has 0 aliphatic rings. The van der Waals surface area contributed by atoms with Crippen molar-refractivity contribution in [3.8, 4) is 11.4 Å². The van der Waals surface area contributed by atoms with Gasteiger partial charge in [0.2, 0.25) is 5.95 Å². The number of aromatic nitrogens is 4. The number of carbonyl (C=O) groups excluding carboxylic acids is 1. The van der Waals surface area contributed by atoms with E-state index in [4.69, 9.17) is 27.9 Å². The minimum absolute atomic E-state index is 0.0732. The number of H-pyrrole nitrogens is 1. The highest BCUT2D eigenvalue weighted by molar-refractivity contribution is 6.36. The number of benzene rings is 3. The highest BCUT2D eigenvalue weighted by atomic mass is 35.5. The fraction of sp³-hybridized carbons (Fsp3) is 0.120. The molecule has 3 aromatic carbocycles. The van der Waals surface area contributed by atoms with Crippen molar-refractivity contribution < 1.29 is 23.8 Å². The number of nitrogens with one attached hydrogen (secondary N) is 2. The number of halogens is 3. The van der Waals surface area contributed by atoms with Crippen molar-refractivity contribution in [3.05, 3.63) is 75.5 Å². The van der Waals surface area contributed by atoms with E-state index in [2.05, 4.69) is 20.3 Å². The zero-order valence-corrected chi connectivity index (χ0v) is 20.7. The molecule has 0 aliphatic heterocycles. The summed E-state index contributed by atoms with van der Waals surface area (Å²) in [5, 5.41) is 12.4. The predicted octanol–water partition coefficient (Wildman–Crippen LogP) is 5.62. The van der Waals surface area contributed by atoms with Crippen molar-refractivity contribution in [1.29, 1.82) is 0 Å². The van der Waals surface area contributed by atoms with Gasteiger partial charge in [-0.1, -0.05) is 29.3 Å². The summed E-state index contributed by atoms with van der Waals surface area (Å²) < 4.78 is 21.3. The predicted molar refractivity (Wildman–Crippen MR) is 138 cm³/mol. The summed E-state index contributed by atoms with van der Waals surface area (Å²) in [7, 11) is 1.55. The Morgan fingerprint density at radius 1 is 1.11 bits per heavy atom. The fourth-order valence-corrected chi connectivity index (χ4v) is 4.50. The molecule has 1 amide bonds. The van der Waals surface area contributed by atoms with E-state index in [1.54, 1.807) is 23.8 Å². The van der Waals surface area contributed by atoms with Gasteiger partial charge in [0.15, 0.2) is 0 Å².